The van der Waals surface area contributed by atoms with E-state index in [4.69, 9.17) is 14.2 Å². The van der Waals surface area contributed by atoms with E-state index in [2.05, 4.69) is 21.2 Å². The molecule has 0 unspecified atom stereocenters. The SMILES string of the molecule is COc1ccc(CNC(=O)/C=C/c2cc3c(cc2Br)OCO3)cc1. The molecule has 1 heterocycles. The van der Waals surface area contributed by atoms with Crippen LogP contribution in [0.4, 0.5) is 0 Å². The summed E-state index contributed by atoms with van der Waals surface area (Å²) >= 11 is 3.46. The van der Waals surface area contributed by atoms with E-state index in [9.17, 15) is 4.79 Å². The van der Waals surface area contributed by atoms with Gasteiger partial charge in [-0.25, -0.2) is 0 Å². The molecule has 0 saturated carbocycles. The molecular weight excluding hydrogens is 374 g/mol. The number of hydrogen-bond donors (Lipinski definition) is 1. The molecule has 2 aromatic carbocycles. The third kappa shape index (κ3) is 3.89. The first-order chi connectivity index (χ1) is 11.7. The number of hydrogen-bond acceptors (Lipinski definition) is 4. The molecular formula is C18H16BrNO4. The highest BCUT2D eigenvalue weighted by atomic mass is 79.9. The van der Waals surface area contributed by atoms with Gasteiger partial charge in [0.05, 0.1) is 7.11 Å². The summed E-state index contributed by atoms with van der Waals surface area (Å²) in [5.74, 6) is 1.99. The largest absolute Gasteiger partial charge is 0.497 e. The Hall–Kier alpha value is -2.47. The molecule has 0 aromatic heterocycles. The second-order valence-electron chi connectivity index (χ2n) is 5.13. The second kappa shape index (κ2) is 7.40. The van der Waals surface area contributed by atoms with Crippen LogP contribution in [0.5, 0.6) is 17.2 Å². The zero-order chi connectivity index (χ0) is 16.9. The van der Waals surface area contributed by atoms with Crippen LogP contribution in [0, 0.1) is 0 Å². The minimum atomic E-state index is -0.171. The number of carbonyl (C=O) groups excluding carboxylic acids is 1. The van der Waals surface area contributed by atoms with Crippen molar-refractivity contribution in [1.29, 1.82) is 0 Å². The lowest BCUT2D eigenvalue weighted by atomic mass is 10.2. The molecule has 124 valence electrons. The van der Waals surface area contributed by atoms with E-state index < -0.39 is 0 Å². The van der Waals surface area contributed by atoms with Crippen LogP contribution in [0.2, 0.25) is 0 Å². The first-order valence-electron chi connectivity index (χ1n) is 7.33. The molecule has 0 fully saturated rings. The van der Waals surface area contributed by atoms with Crippen LogP contribution < -0.4 is 19.5 Å². The van der Waals surface area contributed by atoms with Crippen molar-refractivity contribution in [3.05, 3.63) is 58.1 Å². The molecule has 3 rings (SSSR count). The predicted octanol–water partition coefficient (Wildman–Crippen LogP) is 3.52. The molecule has 1 aliphatic rings. The number of benzene rings is 2. The number of ether oxygens (including phenoxy) is 3. The summed E-state index contributed by atoms with van der Waals surface area (Å²) in [5.41, 5.74) is 1.85. The van der Waals surface area contributed by atoms with E-state index in [0.717, 1.165) is 21.3 Å². The number of amides is 1. The Morgan fingerprint density at radius 2 is 1.96 bits per heavy atom. The molecule has 0 aliphatic carbocycles. The van der Waals surface area contributed by atoms with Gasteiger partial charge in [0.25, 0.3) is 0 Å². The number of methoxy groups -OCH3 is 1. The molecule has 6 heteroatoms. The molecule has 0 atom stereocenters. The van der Waals surface area contributed by atoms with Crippen molar-refractivity contribution in [2.75, 3.05) is 13.9 Å². The molecule has 1 aliphatic heterocycles. The lowest BCUT2D eigenvalue weighted by Gasteiger charge is -2.05. The van der Waals surface area contributed by atoms with Crippen molar-refractivity contribution in [3.8, 4) is 17.2 Å². The van der Waals surface area contributed by atoms with Crippen molar-refractivity contribution in [3.63, 3.8) is 0 Å². The van der Waals surface area contributed by atoms with Gasteiger partial charge in [-0.15, -0.1) is 0 Å². The third-order valence-corrected chi connectivity index (χ3v) is 4.22. The fourth-order valence-corrected chi connectivity index (χ4v) is 2.67. The van der Waals surface area contributed by atoms with E-state index in [-0.39, 0.29) is 12.7 Å². The van der Waals surface area contributed by atoms with E-state index in [1.54, 1.807) is 13.2 Å². The van der Waals surface area contributed by atoms with Gasteiger partial charge >= 0.3 is 0 Å². The molecule has 0 radical (unpaired) electrons. The highest BCUT2D eigenvalue weighted by Crippen LogP contribution is 2.37. The average molecular weight is 390 g/mol. The Morgan fingerprint density at radius 1 is 1.25 bits per heavy atom. The smallest absolute Gasteiger partial charge is 0.244 e. The van der Waals surface area contributed by atoms with Crippen LogP contribution in [0.25, 0.3) is 6.08 Å². The van der Waals surface area contributed by atoms with Crippen molar-refractivity contribution >= 4 is 27.9 Å². The molecule has 0 spiro atoms. The van der Waals surface area contributed by atoms with E-state index in [1.165, 1.54) is 6.08 Å². The topological polar surface area (TPSA) is 56.8 Å². The summed E-state index contributed by atoms with van der Waals surface area (Å²) in [7, 11) is 1.62. The van der Waals surface area contributed by atoms with Gasteiger partial charge in [-0.1, -0.05) is 28.1 Å². The molecule has 0 bridgehead atoms. The molecule has 1 amide bonds. The summed E-state index contributed by atoms with van der Waals surface area (Å²) in [5, 5.41) is 2.84. The maximum absolute atomic E-state index is 12.0. The van der Waals surface area contributed by atoms with Crippen molar-refractivity contribution in [2.45, 2.75) is 6.54 Å². The third-order valence-electron chi connectivity index (χ3n) is 3.53. The lowest BCUT2D eigenvalue weighted by Crippen LogP contribution is -2.20. The second-order valence-corrected chi connectivity index (χ2v) is 5.98. The van der Waals surface area contributed by atoms with E-state index >= 15 is 0 Å². The molecule has 0 saturated heterocycles. The van der Waals surface area contributed by atoms with Gasteiger partial charge in [-0.3, -0.25) is 4.79 Å². The number of halogens is 1. The monoisotopic (exact) mass is 389 g/mol. The first kappa shape index (κ1) is 16.4. The van der Waals surface area contributed by atoms with Crippen molar-refractivity contribution in [2.24, 2.45) is 0 Å². The summed E-state index contributed by atoms with van der Waals surface area (Å²) in [6.45, 7) is 0.673. The van der Waals surface area contributed by atoms with Crippen LogP contribution in [0.1, 0.15) is 11.1 Å². The number of carbonyl (C=O) groups is 1. The Bertz CT molecular complexity index is 771. The first-order valence-corrected chi connectivity index (χ1v) is 8.13. The summed E-state index contributed by atoms with van der Waals surface area (Å²) in [6, 6.07) is 11.2. The zero-order valence-corrected chi connectivity index (χ0v) is 14.6. The highest BCUT2D eigenvalue weighted by molar-refractivity contribution is 9.10. The minimum Gasteiger partial charge on any atom is -0.497 e. The molecule has 1 N–H and O–H groups in total. The van der Waals surface area contributed by atoms with Gasteiger partial charge in [-0.05, 0) is 41.5 Å². The molecule has 5 nitrogen and oxygen atoms in total. The van der Waals surface area contributed by atoms with Gasteiger partial charge in [0.2, 0.25) is 12.7 Å². The summed E-state index contributed by atoms with van der Waals surface area (Å²) < 4.78 is 16.6. The van der Waals surface area contributed by atoms with Crippen LogP contribution in [-0.4, -0.2) is 19.8 Å². The maximum Gasteiger partial charge on any atom is 0.244 e. The van der Waals surface area contributed by atoms with E-state index in [1.807, 2.05) is 36.4 Å². The normalized spacial score (nSPS) is 12.4. The lowest BCUT2D eigenvalue weighted by molar-refractivity contribution is -0.116. The average Bonchev–Trinajstić information content (AvgIpc) is 3.05. The van der Waals surface area contributed by atoms with Gasteiger partial charge in [0.1, 0.15) is 5.75 Å². The van der Waals surface area contributed by atoms with Crippen molar-refractivity contribution < 1.29 is 19.0 Å². The Morgan fingerprint density at radius 3 is 2.67 bits per heavy atom. The highest BCUT2D eigenvalue weighted by Gasteiger charge is 2.15. The van der Waals surface area contributed by atoms with Crippen LogP contribution in [0.15, 0.2) is 46.9 Å². The Kier molecular flexibility index (Phi) is 5.05. The predicted molar refractivity (Wildman–Crippen MR) is 94.1 cm³/mol. The Labute approximate surface area is 148 Å². The summed E-state index contributed by atoms with van der Waals surface area (Å²) in [6.07, 6.45) is 3.22. The summed E-state index contributed by atoms with van der Waals surface area (Å²) in [4.78, 5) is 12.0. The van der Waals surface area contributed by atoms with E-state index in [0.29, 0.717) is 18.0 Å². The van der Waals surface area contributed by atoms with Gasteiger partial charge in [-0.2, -0.15) is 0 Å². The van der Waals surface area contributed by atoms with Crippen molar-refractivity contribution in [1.82, 2.24) is 5.32 Å². The standard InChI is InChI=1S/C18H16BrNO4/c1-22-14-5-2-12(3-6-14)10-20-18(21)7-4-13-8-16-17(9-15(13)19)24-11-23-16/h2-9H,10-11H2,1H3,(H,20,21)/b7-4+. The molecule has 24 heavy (non-hydrogen) atoms. The maximum atomic E-state index is 12.0. The van der Waals surface area contributed by atoms with Crippen LogP contribution >= 0.6 is 15.9 Å². The Balaban J connectivity index is 1.59. The van der Waals surface area contributed by atoms with Crippen LogP contribution in [0.3, 0.4) is 0 Å². The zero-order valence-electron chi connectivity index (χ0n) is 13.0. The fourth-order valence-electron chi connectivity index (χ4n) is 2.22. The van der Waals surface area contributed by atoms with Gasteiger partial charge in [0, 0.05) is 17.1 Å². The minimum absolute atomic E-state index is 0.171. The number of rotatable bonds is 5. The van der Waals surface area contributed by atoms with Crippen LogP contribution in [-0.2, 0) is 11.3 Å². The number of nitrogens with one attached hydrogen (secondary N) is 1. The fraction of sp³-hybridized carbons (Fsp3) is 0.167. The quantitative estimate of drug-likeness (QED) is 0.794. The number of fused-ring (bicyclic) bond motifs is 1. The van der Waals surface area contributed by atoms with Gasteiger partial charge < -0.3 is 19.5 Å². The molecule has 2 aromatic rings. The van der Waals surface area contributed by atoms with Gasteiger partial charge in [0.15, 0.2) is 11.5 Å².